The zero-order chi connectivity index (χ0) is 14.1. The van der Waals surface area contributed by atoms with E-state index in [1.54, 1.807) is 0 Å². The third kappa shape index (κ3) is 2.47. The smallest absolute Gasteiger partial charge is 0.0723 e. The Morgan fingerprint density at radius 1 is 0.950 bits per heavy atom. The molecule has 0 radical (unpaired) electrons. The normalized spacial score (nSPS) is 10.8. The summed E-state index contributed by atoms with van der Waals surface area (Å²) < 4.78 is 0. The molecule has 0 aliphatic rings. The van der Waals surface area contributed by atoms with Gasteiger partial charge in [-0.1, -0.05) is 23.7 Å². The van der Waals surface area contributed by atoms with Gasteiger partial charge in [0, 0.05) is 28.0 Å². The first-order valence-corrected chi connectivity index (χ1v) is 6.90. The first-order chi connectivity index (χ1) is 9.63. The number of rotatable bonds is 2. The number of benzene rings is 2. The van der Waals surface area contributed by atoms with Crippen LogP contribution >= 0.6 is 11.6 Å². The quantitative estimate of drug-likeness (QED) is 0.694. The number of pyridine rings is 1. The van der Waals surface area contributed by atoms with Crippen molar-refractivity contribution in [2.75, 3.05) is 5.32 Å². The summed E-state index contributed by atoms with van der Waals surface area (Å²) in [5.74, 6) is 0. The van der Waals surface area contributed by atoms with Crippen molar-refractivity contribution in [1.82, 2.24) is 4.98 Å². The van der Waals surface area contributed by atoms with Gasteiger partial charge in [0.25, 0.3) is 0 Å². The van der Waals surface area contributed by atoms with Crippen molar-refractivity contribution in [1.29, 1.82) is 0 Å². The van der Waals surface area contributed by atoms with Crippen molar-refractivity contribution in [3.63, 3.8) is 0 Å². The van der Waals surface area contributed by atoms with Crippen molar-refractivity contribution in [2.45, 2.75) is 13.8 Å². The van der Waals surface area contributed by atoms with Crippen LogP contribution in [0.15, 0.2) is 48.7 Å². The number of nitrogens with one attached hydrogen (secondary N) is 1. The van der Waals surface area contributed by atoms with Crippen LogP contribution in [0.2, 0.25) is 5.02 Å². The molecule has 0 spiro atoms. The molecule has 1 heterocycles. The summed E-state index contributed by atoms with van der Waals surface area (Å²) in [5, 5.41) is 5.23. The number of fused-ring (bicyclic) bond motifs is 1. The number of anilines is 2. The maximum Gasteiger partial charge on any atom is 0.0723 e. The van der Waals surface area contributed by atoms with Crippen LogP contribution in [0, 0.1) is 13.8 Å². The van der Waals surface area contributed by atoms with E-state index in [4.69, 9.17) is 11.6 Å². The van der Waals surface area contributed by atoms with Crippen molar-refractivity contribution in [2.24, 2.45) is 0 Å². The summed E-state index contributed by atoms with van der Waals surface area (Å²) in [7, 11) is 0. The topological polar surface area (TPSA) is 24.9 Å². The molecule has 100 valence electrons. The molecule has 3 aromatic rings. The van der Waals surface area contributed by atoms with Gasteiger partial charge in [-0.25, -0.2) is 0 Å². The zero-order valence-corrected chi connectivity index (χ0v) is 12.2. The van der Waals surface area contributed by atoms with Crippen LogP contribution in [0.4, 0.5) is 11.4 Å². The minimum atomic E-state index is 0.717. The van der Waals surface area contributed by atoms with E-state index in [1.165, 1.54) is 11.1 Å². The first-order valence-electron chi connectivity index (χ1n) is 6.52. The monoisotopic (exact) mass is 282 g/mol. The maximum absolute atomic E-state index is 6.09. The Morgan fingerprint density at radius 3 is 2.65 bits per heavy atom. The Hall–Kier alpha value is -2.06. The lowest BCUT2D eigenvalue weighted by Crippen LogP contribution is -1.95. The molecule has 0 unspecified atom stereocenters. The summed E-state index contributed by atoms with van der Waals surface area (Å²) in [6.07, 6.45) is 1.81. The van der Waals surface area contributed by atoms with Crippen LogP contribution in [-0.2, 0) is 0 Å². The van der Waals surface area contributed by atoms with Crippen LogP contribution in [0.3, 0.4) is 0 Å². The van der Waals surface area contributed by atoms with Gasteiger partial charge in [-0.3, -0.25) is 4.98 Å². The fourth-order valence-corrected chi connectivity index (χ4v) is 2.42. The Labute approximate surface area is 123 Å². The molecule has 3 heteroatoms. The number of aromatic nitrogens is 1. The van der Waals surface area contributed by atoms with Gasteiger partial charge in [-0.2, -0.15) is 0 Å². The van der Waals surface area contributed by atoms with E-state index in [-0.39, 0.29) is 0 Å². The molecule has 0 atom stereocenters. The molecule has 1 aromatic heterocycles. The summed E-state index contributed by atoms with van der Waals surface area (Å²) >= 11 is 6.09. The molecule has 0 fully saturated rings. The molecular formula is C17H15ClN2. The third-order valence-corrected chi connectivity index (χ3v) is 3.60. The lowest BCUT2D eigenvalue weighted by molar-refractivity contribution is 1.36. The molecule has 2 aromatic carbocycles. The highest BCUT2D eigenvalue weighted by molar-refractivity contribution is 6.31. The largest absolute Gasteiger partial charge is 0.355 e. The number of hydrogen-bond acceptors (Lipinski definition) is 2. The van der Waals surface area contributed by atoms with E-state index in [1.807, 2.05) is 30.5 Å². The van der Waals surface area contributed by atoms with Crippen molar-refractivity contribution in [3.05, 3.63) is 64.8 Å². The van der Waals surface area contributed by atoms with Gasteiger partial charge in [-0.05, 0) is 55.3 Å². The predicted octanol–water partition coefficient (Wildman–Crippen LogP) is 5.25. The lowest BCUT2D eigenvalue weighted by atomic mass is 10.1. The standard InChI is InChI=1S/C17H15ClN2/c1-11-3-4-12(2)17(9-11)20-16-7-8-19-15-6-5-13(18)10-14(15)16/h3-10H,1-2H3,(H,19,20). The first kappa shape index (κ1) is 12.9. The van der Waals surface area contributed by atoms with Gasteiger partial charge in [0.05, 0.1) is 5.52 Å². The summed E-state index contributed by atoms with van der Waals surface area (Å²) in [6, 6.07) is 14.1. The van der Waals surface area contributed by atoms with E-state index in [9.17, 15) is 0 Å². The SMILES string of the molecule is Cc1ccc(C)c(Nc2ccnc3ccc(Cl)cc23)c1. The maximum atomic E-state index is 6.09. The lowest BCUT2D eigenvalue weighted by Gasteiger charge is -2.12. The highest BCUT2D eigenvalue weighted by Gasteiger charge is 2.05. The minimum absolute atomic E-state index is 0.717. The highest BCUT2D eigenvalue weighted by Crippen LogP contribution is 2.29. The van der Waals surface area contributed by atoms with E-state index >= 15 is 0 Å². The average molecular weight is 283 g/mol. The zero-order valence-electron chi connectivity index (χ0n) is 11.4. The molecule has 0 saturated carbocycles. The van der Waals surface area contributed by atoms with Crippen LogP contribution in [0.25, 0.3) is 10.9 Å². The number of nitrogens with zero attached hydrogens (tertiary/aromatic N) is 1. The van der Waals surface area contributed by atoms with Crippen LogP contribution in [-0.4, -0.2) is 4.98 Å². The second-order valence-electron chi connectivity index (χ2n) is 4.96. The van der Waals surface area contributed by atoms with Gasteiger partial charge in [0.2, 0.25) is 0 Å². The highest BCUT2D eigenvalue weighted by atomic mass is 35.5. The molecule has 3 rings (SSSR count). The van der Waals surface area contributed by atoms with Gasteiger partial charge in [-0.15, -0.1) is 0 Å². The predicted molar refractivity (Wildman–Crippen MR) is 86.0 cm³/mol. The number of hydrogen-bond donors (Lipinski definition) is 1. The number of aryl methyl sites for hydroxylation is 2. The molecule has 2 nitrogen and oxygen atoms in total. The van der Waals surface area contributed by atoms with Gasteiger partial charge >= 0.3 is 0 Å². The molecule has 0 aliphatic carbocycles. The van der Waals surface area contributed by atoms with Crippen LogP contribution < -0.4 is 5.32 Å². The Balaban J connectivity index is 2.10. The van der Waals surface area contributed by atoms with Crippen LogP contribution in [0.1, 0.15) is 11.1 Å². The summed E-state index contributed by atoms with van der Waals surface area (Å²) in [4.78, 5) is 4.37. The fraction of sp³-hybridized carbons (Fsp3) is 0.118. The number of halogens is 1. The van der Waals surface area contributed by atoms with E-state index in [0.29, 0.717) is 0 Å². The Morgan fingerprint density at radius 2 is 1.80 bits per heavy atom. The molecule has 0 amide bonds. The van der Waals surface area contributed by atoms with E-state index in [2.05, 4.69) is 42.3 Å². The van der Waals surface area contributed by atoms with Crippen molar-refractivity contribution in [3.8, 4) is 0 Å². The summed E-state index contributed by atoms with van der Waals surface area (Å²) in [6.45, 7) is 4.18. The molecule has 1 N–H and O–H groups in total. The van der Waals surface area contributed by atoms with E-state index in [0.717, 1.165) is 27.3 Å². The van der Waals surface area contributed by atoms with Gasteiger partial charge in [0.1, 0.15) is 0 Å². The molecule has 20 heavy (non-hydrogen) atoms. The van der Waals surface area contributed by atoms with Crippen molar-refractivity contribution < 1.29 is 0 Å². The second kappa shape index (κ2) is 5.14. The minimum Gasteiger partial charge on any atom is -0.355 e. The van der Waals surface area contributed by atoms with Crippen LogP contribution in [0.5, 0.6) is 0 Å². The Bertz CT molecular complexity index is 781. The molecule has 0 saturated heterocycles. The molecule has 0 bridgehead atoms. The summed E-state index contributed by atoms with van der Waals surface area (Å²) in [5.41, 5.74) is 5.51. The van der Waals surface area contributed by atoms with Gasteiger partial charge in [0.15, 0.2) is 0 Å². The fourth-order valence-electron chi connectivity index (χ4n) is 2.24. The Kier molecular flexibility index (Phi) is 3.33. The van der Waals surface area contributed by atoms with E-state index < -0.39 is 0 Å². The molecule has 0 aliphatic heterocycles. The van der Waals surface area contributed by atoms with Gasteiger partial charge < -0.3 is 5.32 Å². The third-order valence-electron chi connectivity index (χ3n) is 3.37. The van der Waals surface area contributed by atoms with Crippen molar-refractivity contribution >= 4 is 33.9 Å². The second-order valence-corrected chi connectivity index (χ2v) is 5.40. The molecular weight excluding hydrogens is 268 g/mol. The average Bonchev–Trinajstić information content (AvgIpc) is 2.43.